The van der Waals surface area contributed by atoms with E-state index in [0.29, 0.717) is 0 Å². The van der Waals surface area contributed by atoms with Gasteiger partial charge >= 0.3 is 7.12 Å². The fourth-order valence-corrected chi connectivity index (χ4v) is 2.44. The molecule has 1 aliphatic rings. The van der Waals surface area contributed by atoms with Crippen LogP contribution in [0.3, 0.4) is 0 Å². The van der Waals surface area contributed by atoms with Crippen molar-refractivity contribution in [2.75, 3.05) is 0 Å². The molecule has 132 valence electrons. The summed E-state index contributed by atoms with van der Waals surface area (Å²) in [6.07, 6.45) is -0.218. The van der Waals surface area contributed by atoms with Gasteiger partial charge < -0.3 is 14.6 Å². The van der Waals surface area contributed by atoms with E-state index in [1.807, 2.05) is 27.7 Å². The number of amides is 1. The van der Waals surface area contributed by atoms with Crippen molar-refractivity contribution in [3.8, 4) is 0 Å². The van der Waals surface area contributed by atoms with E-state index in [1.165, 1.54) is 0 Å². The summed E-state index contributed by atoms with van der Waals surface area (Å²) in [5.74, 6) is -1.66. The van der Waals surface area contributed by atoms with Gasteiger partial charge in [0.1, 0.15) is 11.6 Å². The molecular formula is C17H24BF2NO3. The monoisotopic (exact) mass is 339 g/mol. The van der Waals surface area contributed by atoms with Gasteiger partial charge in [-0.3, -0.25) is 4.79 Å². The Morgan fingerprint density at radius 3 is 2.17 bits per heavy atom. The molecule has 1 aromatic carbocycles. The summed E-state index contributed by atoms with van der Waals surface area (Å²) in [5, 5.41) is 2.65. The van der Waals surface area contributed by atoms with Crippen molar-refractivity contribution in [1.29, 1.82) is 0 Å². The van der Waals surface area contributed by atoms with Crippen LogP contribution in [0.15, 0.2) is 12.1 Å². The highest BCUT2D eigenvalue weighted by Gasteiger charge is 2.52. The molecule has 0 bridgehead atoms. The number of benzene rings is 1. The van der Waals surface area contributed by atoms with Crippen LogP contribution in [0.5, 0.6) is 0 Å². The summed E-state index contributed by atoms with van der Waals surface area (Å²) in [6, 6.07) is 2.03. The third-order valence-corrected chi connectivity index (χ3v) is 4.47. The van der Waals surface area contributed by atoms with Gasteiger partial charge in [-0.15, -0.1) is 0 Å². The zero-order chi connectivity index (χ0) is 18.3. The molecule has 0 atom stereocenters. The number of carbonyl (C=O) groups excluding carboxylic acids is 1. The Labute approximate surface area is 142 Å². The molecule has 24 heavy (non-hydrogen) atoms. The number of rotatable bonds is 4. The van der Waals surface area contributed by atoms with Crippen molar-refractivity contribution >= 4 is 18.5 Å². The summed E-state index contributed by atoms with van der Waals surface area (Å²) in [4.78, 5) is 11.7. The van der Waals surface area contributed by atoms with E-state index in [4.69, 9.17) is 9.31 Å². The van der Waals surface area contributed by atoms with Crippen LogP contribution in [-0.2, 0) is 20.5 Å². The number of nitrogens with one attached hydrogen (secondary N) is 1. The van der Waals surface area contributed by atoms with Gasteiger partial charge in [-0.1, -0.05) is 0 Å². The minimum absolute atomic E-state index is 0.000771. The Morgan fingerprint density at radius 2 is 1.67 bits per heavy atom. The van der Waals surface area contributed by atoms with E-state index in [1.54, 1.807) is 13.8 Å². The fourth-order valence-electron chi connectivity index (χ4n) is 2.44. The molecule has 0 aromatic heterocycles. The normalized spacial score (nSPS) is 19.0. The van der Waals surface area contributed by atoms with Gasteiger partial charge in [-0.05, 0) is 59.2 Å². The van der Waals surface area contributed by atoms with Crippen molar-refractivity contribution < 1.29 is 22.9 Å². The third-order valence-electron chi connectivity index (χ3n) is 4.47. The average molecular weight is 339 g/mol. The van der Waals surface area contributed by atoms with Gasteiger partial charge in [0.2, 0.25) is 5.91 Å². The second-order valence-corrected chi connectivity index (χ2v) is 7.45. The highest BCUT2D eigenvalue weighted by atomic mass is 19.1. The van der Waals surface area contributed by atoms with E-state index in [9.17, 15) is 13.6 Å². The van der Waals surface area contributed by atoms with E-state index < -0.39 is 30.0 Å². The maximum absolute atomic E-state index is 14.4. The minimum Gasteiger partial charge on any atom is -0.399 e. The van der Waals surface area contributed by atoms with Crippen LogP contribution in [0.4, 0.5) is 8.78 Å². The molecule has 0 unspecified atom stereocenters. The van der Waals surface area contributed by atoms with Crippen LogP contribution in [0.25, 0.3) is 0 Å². The topological polar surface area (TPSA) is 47.6 Å². The first-order valence-corrected chi connectivity index (χ1v) is 8.06. The molecule has 7 heteroatoms. The molecule has 0 saturated carbocycles. The summed E-state index contributed by atoms with van der Waals surface area (Å²) in [5.41, 5.74) is -1.28. The van der Waals surface area contributed by atoms with Gasteiger partial charge in [0, 0.05) is 11.5 Å². The standard InChI is InChI=1S/C17H24BF2NO3/c1-10(2)21-15(22)8-11-7-14(20)12(9-13(11)19)18-23-16(3,4)17(5,6)24-18/h7,9-10H,8H2,1-6H3,(H,21,22). The summed E-state index contributed by atoms with van der Waals surface area (Å²) < 4.78 is 40.3. The number of carbonyl (C=O) groups is 1. The minimum atomic E-state index is -0.983. The number of hydrogen-bond acceptors (Lipinski definition) is 3. The predicted molar refractivity (Wildman–Crippen MR) is 89.1 cm³/mol. The first kappa shape index (κ1) is 18.9. The Hall–Kier alpha value is -1.47. The van der Waals surface area contributed by atoms with Crippen molar-refractivity contribution in [3.63, 3.8) is 0 Å². The molecule has 0 radical (unpaired) electrons. The summed E-state index contributed by atoms with van der Waals surface area (Å²) in [7, 11) is -0.983. The predicted octanol–water partition coefficient (Wildman–Crippen LogP) is 2.33. The van der Waals surface area contributed by atoms with Crippen LogP contribution in [-0.4, -0.2) is 30.3 Å². The van der Waals surface area contributed by atoms with Crippen LogP contribution in [0.2, 0.25) is 0 Å². The lowest BCUT2D eigenvalue weighted by Crippen LogP contribution is -2.41. The maximum atomic E-state index is 14.4. The number of halogens is 2. The average Bonchev–Trinajstić information content (AvgIpc) is 2.61. The Morgan fingerprint density at radius 1 is 1.12 bits per heavy atom. The molecule has 1 saturated heterocycles. The van der Waals surface area contributed by atoms with E-state index in [0.717, 1.165) is 12.1 Å². The quantitative estimate of drug-likeness (QED) is 0.857. The van der Waals surface area contributed by atoms with Crippen LogP contribution in [0, 0.1) is 11.6 Å². The molecule has 1 amide bonds. The van der Waals surface area contributed by atoms with Crippen molar-refractivity contribution in [2.24, 2.45) is 0 Å². The SMILES string of the molecule is CC(C)NC(=O)Cc1cc(F)c(B2OC(C)(C)C(C)(C)O2)cc1F. The second-order valence-electron chi connectivity index (χ2n) is 7.45. The zero-order valence-electron chi connectivity index (χ0n) is 15.0. The molecule has 1 N–H and O–H groups in total. The molecule has 1 aliphatic heterocycles. The van der Waals surface area contributed by atoms with Crippen LogP contribution < -0.4 is 10.8 Å². The third kappa shape index (κ3) is 3.78. The maximum Gasteiger partial charge on any atom is 0.497 e. The highest BCUT2D eigenvalue weighted by molar-refractivity contribution is 6.62. The van der Waals surface area contributed by atoms with Gasteiger partial charge in [-0.2, -0.15) is 0 Å². The molecule has 0 aliphatic carbocycles. The van der Waals surface area contributed by atoms with E-state index in [-0.39, 0.29) is 29.4 Å². The lowest BCUT2D eigenvalue weighted by molar-refractivity contribution is -0.120. The Bertz CT molecular complexity index is 631. The molecule has 2 rings (SSSR count). The largest absolute Gasteiger partial charge is 0.497 e. The fraction of sp³-hybridized carbons (Fsp3) is 0.588. The van der Waals surface area contributed by atoms with Gasteiger partial charge in [0.25, 0.3) is 0 Å². The van der Waals surface area contributed by atoms with Gasteiger partial charge in [0.05, 0.1) is 17.6 Å². The van der Waals surface area contributed by atoms with Gasteiger partial charge in [0.15, 0.2) is 0 Å². The molecule has 0 spiro atoms. The van der Waals surface area contributed by atoms with E-state index >= 15 is 0 Å². The highest BCUT2D eigenvalue weighted by Crippen LogP contribution is 2.36. The molecular weight excluding hydrogens is 315 g/mol. The summed E-state index contributed by atoms with van der Waals surface area (Å²) >= 11 is 0. The molecule has 4 nitrogen and oxygen atoms in total. The van der Waals surface area contributed by atoms with Crippen LogP contribution in [0.1, 0.15) is 47.1 Å². The molecule has 1 heterocycles. The summed E-state index contributed by atoms with van der Waals surface area (Å²) in [6.45, 7) is 11.0. The molecule has 1 aromatic rings. The van der Waals surface area contributed by atoms with Crippen molar-refractivity contribution in [1.82, 2.24) is 5.32 Å². The zero-order valence-corrected chi connectivity index (χ0v) is 15.0. The number of hydrogen-bond donors (Lipinski definition) is 1. The Kier molecular flexibility index (Phi) is 5.07. The van der Waals surface area contributed by atoms with Crippen molar-refractivity contribution in [3.05, 3.63) is 29.3 Å². The second kappa shape index (κ2) is 6.45. The lowest BCUT2D eigenvalue weighted by Gasteiger charge is -2.32. The lowest BCUT2D eigenvalue weighted by atomic mass is 9.78. The van der Waals surface area contributed by atoms with Crippen LogP contribution >= 0.6 is 0 Å². The Balaban J connectivity index is 2.23. The van der Waals surface area contributed by atoms with E-state index in [2.05, 4.69) is 5.32 Å². The molecule has 1 fully saturated rings. The first-order valence-electron chi connectivity index (χ1n) is 8.06. The van der Waals surface area contributed by atoms with Crippen molar-refractivity contribution in [2.45, 2.75) is 65.2 Å². The van der Waals surface area contributed by atoms with Gasteiger partial charge in [-0.25, -0.2) is 8.78 Å². The smallest absolute Gasteiger partial charge is 0.399 e. The first-order chi connectivity index (χ1) is 10.9.